The highest BCUT2D eigenvalue weighted by atomic mass is 32.2. The molecule has 0 fully saturated rings. The maximum absolute atomic E-state index is 12.4. The highest BCUT2D eigenvalue weighted by molar-refractivity contribution is 7.89. The fourth-order valence-electron chi connectivity index (χ4n) is 2.00. The highest BCUT2D eigenvalue weighted by Gasteiger charge is 2.21. The maximum atomic E-state index is 12.4. The molecule has 0 heterocycles. The molecule has 0 aromatic heterocycles. The topological polar surface area (TPSA) is 90.9 Å². The lowest BCUT2D eigenvalue weighted by Gasteiger charge is -2.12. The minimum atomic E-state index is -3.95. The second-order valence-corrected chi connectivity index (χ2v) is 6.86. The predicted octanol–water partition coefficient (Wildman–Crippen LogP) is 1.90. The van der Waals surface area contributed by atoms with Gasteiger partial charge in [-0.3, -0.25) is 4.79 Å². The monoisotopic (exact) mass is 365 g/mol. The zero-order valence-electron chi connectivity index (χ0n) is 14.1. The molecule has 0 radical (unpaired) electrons. The van der Waals surface area contributed by atoms with E-state index in [0.29, 0.717) is 11.5 Å². The van der Waals surface area contributed by atoms with Crippen molar-refractivity contribution in [2.45, 2.75) is 11.8 Å². The van der Waals surface area contributed by atoms with Gasteiger partial charge in [0.1, 0.15) is 28.7 Å². The molecule has 2 aromatic rings. The highest BCUT2D eigenvalue weighted by Crippen LogP contribution is 2.28. The Hall–Kier alpha value is -2.58. The summed E-state index contributed by atoms with van der Waals surface area (Å²) in [4.78, 5) is 11.7. The van der Waals surface area contributed by atoms with Gasteiger partial charge in [0.15, 0.2) is 0 Å². The average Bonchev–Trinajstić information content (AvgIpc) is 2.61. The van der Waals surface area contributed by atoms with Gasteiger partial charge in [-0.15, -0.1) is 0 Å². The molecule has 0 aliphatic carbocycles. The summed E-state index contributed by atoms with van der Waals surface area (Å²) in [5, 5.41) is 0. The first kappa shape index (κ1) is 18.8. The predicted molar refractivity (Wildman–Crippen MR) is 91.5 cm³/mol. The Morgan fingerprint density at radius 2 is 1.64 bits per heavy atom. The van der Waals surface area contributed by atoms with Crippen LogP contribution in [0.25, 0.3) is 0 Å². The van der Waals surface area contributed by atoms with E-state index in [-0.39, 0.29) is 10.6 Å². The van der Waals surface area contributed by atoms with Crippen LogP contribution in [0.4, 0.5) is 0 Å². The number of carbonyl (C=O) groups is 1. The number of methoxy groups -OCH3 is 2. The zero-order chi connectivity index (χ0) is 18.4. The van der Waals surface area contributed by atoms with Crippen molar-refractivity contribution in [2.75, 3.05) is 20.8 Å². The van der Waals surface area contributed by atoms with Crippen LogP contribution in [0.15, 0.2) is 47.4 Å². The molecule has 134 valence electrons. The van der Waals surface area contributed by atoms with E-state index in [4.69, 9.17) is 14.2 Å². The van der Waals surface area contributed by atoms with Crippen molar-refractivity contribution >= 4 is 16.0 Å². The summed E-state index contributed by atoms with van der Waals surface area (Å²) in [6.07, 6.45) is 0. The van der Waals surface area contributed by atoms with E-state index in [2.05, 4.69) is 4.72 Å². The largest absolute Gasteiger partial charge is 0.497 e. The minimum Gasteiger partial charge on any atom is -0.497 e. The molecule has 8 heteroatoms. The van der Waals surface area contributed by atoms with Gasteiger partial charge in [0, 0.05) is 6.07 Å². The number of hydrogen-bond donors (Lipinski definition) is 1. The van der Waals surface area contributed by atoms with Crippen LogP contribution in [-0.4, -0.2) is 35.2 Å². The van der Waals surface area contributed by atoms with E-state index in [1.807, 2.05) is 6.92 Å². The molecule has 2 rings (SSSR count). The number of esters is 1. The number of sulfonamides is 1. The summed E-state index contributed by atoms with van der Waals surface area (Å²) in [7, 11) is -1.15. The summed E-state index contributed by atoms with van der Waals surface area (Å²) >= 11 is 0. The molecule has 0 saturated carbocycles. The summed E-state index contributed by atoms with van der Waals surface area (Å²) in [6.45, 7) is 1.40. The zero-order valence-corrected chi connectivity index (χ0v) is 14.9. The Kier molecular flexibility index (Phi) is 6.00. The number of ether oxygens (including phenoxy) is 3. The SMILES string of the molecule is COc1ccc(S(=O)(=O)NCC(=O)Oc2ccc(C)cc2)c(OC)c1. The second-order valence-electron chi connectivity index (χ2n) is 5.13. The number of aryl methyl sites for hydroxylation is 1. The summed E-state index contributed by atoms with van der Waals surface area (Å²) in [6, 6.07) is 11.1. The third-order valence-corrected chi connectivity index (χ3v) is 4.76. The Morgan fingerprint density at radius 3 is 2.24 bits per heavy atom. The number of nitrogens with one attached hydrogen (secondary N) is 1. The van der Waals surface area contributed by atoms with Crippen molar-refractivity contribution < 1.29 is 27.4 Å². The van der Waals surface area contributed by atoms with E-state index < -0.39 is 22.5 Å². The Balaban J connectivity index is 2.06. The lowest BCUT2D eigenvalue weighted by atomic mass is 10.2. The van der Waals surface area contributed by atoms with Gasteiger partial charge in [0.2, 0.25) is 10.0 Å². The van der Waals surface area contributed by atoms with Crippen LogP contribution < -0.4 is 18.9 Å². The molecule has 0 unspecified atom stereocenters. The molecule has 0 amide bonds. The molecular weight excluding hydrogens is 346 g/mol. The van der Waals surface area contributed by atoms with Crippen molar-refractivity contribution in [1.82, 2.24) is 4.72 Å². The molecule has 0 aliphatic rings. The van der Waals surface area contributed by atoms with Gasteiger partial charge in [-0.05, 0) is 31.2 Å². The molecule has 0 spiro atoms. The van der Waals surface area contributed by atoms with Gasteiger partial charge in [0.25, 0.3) is 0 Å². The minimum absolute atomic E-state index is 0.0982. The van der Waals surface area contributed by atoms with Crippen LogP contribution in [0.1, 0.15) is 5.56 Å². The van der Waals surface area contributed by atoms with Gasteiger partial charge >= 0.3 is 5.97 Å². The molecule has 0 atom stereocenters. The normalized spacial score (nSPS) is 11.0. The summed E-state index contributed by atoms with van der Waals surface area (Å²) in [5.41, 5.74) is 1.02. The first-order chi connectivity index (χ1) is 11.9. The molecule has 0 bridgehead atoms. The average molecular weight is 365 g/mol. The summed E-state index contributed by atoms with van der Waals surface area (Å²) < 4.78 is 42.1. The van der Waals surface area contributed by atoms with Crippen LogP contribution in [-0.2, 0) is 14.8 Å². The van der Waals surface area contributed by atoms with Crippen LogP contribution in [0.5, 0.6) is 17.2 Å². The molecule has 0 saturated heterocycles. The van der Waals surface area contributed by atoms with Crippen LogP contribution >= 0.6 is 0 Å². The smallest absolute Gasteiger partial charge is 0.326 e. The van der Waals surface area contributed by atoms with Gasteiger partial charge < -0.3 is 14.2 Å². The third kappa shape index (κ3) is 4.94. The molecule has 25 heavy (non-hydrogen) atoms. The Morgan fingerprint density at radius 1 is 1.00 bits per heavy atom. The quantitative estimate of drug-likeness (QED) is 0.595. The number of rotatable bonds is 7. The van der Waals surface area contributed by atoms with E-state index in [0.717, 1.165) is 5.56 Å². The van der Waals surface area contributed by atoms with E-state index in [1.54, 1.807) is 24.3 Å². The first-order valence-electron chi connectivity index (χ1n) is 7.35. The van der Waals surface area contributed by atoms with Crippen LogP contribution in [0, 0.1) is 6.92 Å². The maximum Gasteiger partial charge on any atom is 0.326 e. The van der Waals surface area contributed by atoms with E-state index >= 15 is 0 Å². The Labute approximate surface area is 146 Å². The lowest BCUT2D eigenvalue weighted by molar-refractivity contribution is -0.133. The lowest BCUT2D eigenvalue weighted by Crippen LogP contribution is -2.32. The van der Waals surface area contributed by atoms with Crippen LogP contribution in [0.2, 0.25) is 0 Å². The van der Waals surface area contributed by atoms with Crippen LogP contribution in [0.3, 0.4) is 0 Å². The number of hydrogen-bond acceptors (Lipinski definition) is 6. The van der Waals surface area contributed by atoms with Crippen molar-refractivity contribution in [3.8, 4) is 17.2 Å². The molecule has 7 nitrogen and oxygen atoms in total. The number of carbonyl (C=O) groups excluding carboxylic acids is 1. The molecular formula is C17H19NO6S. The third-order valence-electron chi connectivity index (χ3n) is 3.32. The fourth-order valence-corrected chi connectivity index (χ4v) is 3.12. The molecule has 2 aromatic carbocycles. The van der Waals surface area contributed by atoms with E-state index in [1.165, 1.54) is 32.4 Å². The van der Waals surface area contributed by atoms with Crippen molar-refractivity contribution in [3.63, 3.8) is 0 Å². The van der Waals surface area contributed by atoms with E-state index in [9.17, 15) is 13.2 Å². The fraction of sp³-hybridized carbons (Fsp3) is 0.235. The molecule has 0 aliphatic heterocycles. The van der Waals surface area contributed by atoms with Gasteiger partial charge in [-0.1, -0.05) is 17.7 Å². The Bertz CT molecular complexity index is 846. The number of benzene rings is 2. The second kappa shape index (κ2) is 8.00. The van der Waals surface area contributed by atoms with Crippen molar-refractivity contribution in [3.05, 3.63) is 48.0 Å². The van der Waals surface area contributed by atoms with Gasteiger partial charge in [0.05, 0.1) is 14.2 Å². The van der Waals surface area contributed by atoms with Crippen molar-refractivity contribution in [1.29, 1.82) is 0 Å². The summed E-state index contributed by atoms with van der Waals surface area (Å²) in [5.74, 6) is 0.185. The standard InChI is InChI=1S/C17H19NO6S/c1-12-4-6-13(7-5-12)24-17(19)11-18-25(20,21)16-9-8-14(22-2)10-15(16)23-3/h4-10,18H,11H2,1-3H3. The first-order valence-corrected chi connectivity index (χ1v) is 8.83. The molecule has 1 N–H and O–H groups in total. The van der Waals surface area contributed by atoms with Gasteiger partial charge in [-0.2, -0.15) is 4.72 Å². The van der Waals surface area contributed by atoms with Crippen molar-refractivity contribution in [2.24, 2.45) is 0 Å². The van der Waals surface area contributed by atoms with Gasteiger partial charge in [-0.25, -0.2) is 8.42 Å².